The van der Waals surface area contributed by atoms with E-state index in [4.69, 9.17) is 16.3 Å². The van der Waals surface area contributed by atoms with E-state index in [1.54, 1.807) is 24.3 Å². The first-order valence-electron chi connectivity index (χ1n) is 6.77. The van der Waals surface area contributed by atoms with Crippen molar-refractivity contribution in [3.8, 4) is 11.5 Å². The molecule has 0 spiro atoms. The van der Waals surface area contributed by atoms with Crippen LogP contribution in [0.2, 0.25) is 5.02 Å². The van der Waals surface area contributed by atoms with E-state index >= 15 is 0 Å². The van der Waals surface area contributed by atoms with Crippen LogP contribution in [0.15, 0.2) is 40.9 Å². The van der Waals surface area contributed by atoms with Gasteiger partial charge in [0.1, 0.15) is 17.3 Å². The maximum Gasteiger partial charge on any atom is 0.147 e. The number of ether oxygens (including phenoxy) is 1. The number of rotatable bonds is 5. The van der Waals surface area contributed by atoms with Crippen LogP contribution in [0.4, 0.5) is 4.39 Å². The van der Waals surface area contributed by atoms with Crippen LogP contribution in [0.3, 0.4) is 0 Å². The average Bonchev–Trinajstić information content (AvgIpc) is 3.26. The van der Waals surface area contributed by atoms with Gasteiger partial charge in [0.2, 0.25) is 0 Å². The summed E-state index contributed by atoms with van der Waals surface area (Å²) < 4.78 is 20.7. The molecule has 0 atom stereocenters. The van der Waals surface area contributed by atoms with E-state index in [1.165, 1.54) is 6.07 Å². The highest BCUT2D eigenvalue weighted by atomic mass is 79.9. The number of nitrogens with one attached hydrogen (secondary N) is 1. The molecule has 0 bridgehead atoms. The summed E-state index contributed by atoms with van der Waals surface area (Å²) in [6, 6.07) is 10.7. The summed E-state index contributed by atoms with van der Waals surface area (Å²) in [5.74, 6) is 0.722. The van der Waals surface area contributed by atoms with Crippen molar-refractivity contribution in [1.29, 1.82) is 0 Å². The third-order valence-electron chi connectivity index (χ3n) is 3.33. The number of hydrogen-bond donors (Lipinski definition) is 1. The molecule has 0 radical (unpaired) electrons. The third kappa shape index (κ3) is 3.76. The van der Waals surface area contributed by atoms with Gasteiger partial charge in [0, 0.05) is 22.6 Å². The number of hydrogen-bond acceptors (Lipinski definition) is 2. The molecule has 0 amide bonds. The van der Waals surface area contributed by atoms with Crippen molar-refractivity contribution in [2.75, 3.05) is 0 Å². The topological polar surface area (TPSA) is 21.3 Å². The Morgan fingerprint density at radius 3 is 2.81 bits per heavy atom. The molecule has 0 saturated heterocycles. The molecule has 2 aromatic rings. The van der Waals surface area contributed by atoms with E-state index in [2.05, 4.69) is 21.2 Å². The molecule has 3 rings (SSSR count). The second-order valence-electron chi connectivity index (χ2n) is 5.05. The van der Waals surface area contributed by atoms with Crippen molar-refractivity contribution in [1.82, 2.24) is 5.32 Å². The Labute approximate surface area is 136 Å². The largest absolute Gasteiger partial charge is 0.455 e. The van der Waals surface area contributed by atoms with Crippen LogP contribution in [0, 0.1) is 5.82 Å². The standard InChI is InChI=1S/C16H14BrClFNO/c17-10-4-7-13(18)16(8-10)21-15-3-1-2-14(19)12(15)9-20-11-5-6-11/h1-4,7-8,11,20H,5-6,9H2. The summed E-state index contributed by atoms with van der Waals surface area (Å²) in [7, 11) is 0. The quantitative estimate of drug-likeness (QED) is 0.772. The maximum atomic E-state index is 14.0. The van der Waals surface area contributed by atoms with Crippen LogP contribution >= 0.6 is 27.5 Å². The lowest BCUT2D eigenvalue weighted by Crippen LogP contribution is -2.16. The molecule has 1 saturated carbocycles. The molecule has 0 aliphatic heterocycles. The fraction of sp³-hybridized carbons (Fsp3) is 0.250. The van der Waals surface area contributed by atoms with Gasteiger partial charge in [0.05, 0.1) is 5.02 Å². The van der Waals surface area contributed by atoms with Gasteiger partial charge >= 0.3 is 0 Å². The lowest BCUT2D eigenvalue weighted by Gasteiger charge is -2.13. The van der Waals surface area contributed by atoms with E-state index in [0.717, 1.165) is 17.3 Å². The normalized spacial score (nSPS) is 14.2. The number of benzene rings is 2. The average molecular weight is 371 g/mol. The Morgan fingerprint density at radius 2 is 2.05 bits per heavy atom. The Morgan fingerprint density at radius 1 is 1.24 bits per heavy atom. The van der Waals surface area contributed by atoms with Gasteiger partial charge in [-0.3, -0.25) is 0 Å². The summed E-state index contributed by atoms with van der Waals surface area (Å²) in [6.45, 7) is 0.457. The van der Waals surface area contributed by atoms with Crippen molar-refractivity contribution in [2.45, 2.75) is 25.4 Å². The predicted molar refractivity (Wildman–Crippen MR) is 85.5 cm³/mol. The van der Waals surface area contributed by atoms with Crippen LogP contribution in [0.5, 0.6) is 11.5 Å². The Balaban J connectivity index is 1.86. The van der Waals surface area contributed by atoms with Gasteiger partial charge in [-0.2, -0.15) is 0 Å². The fourth-order valence-corrected chi connectivity index (χ4v) is 2.51. The molecule has 0 heterocycles. The van der Waals surface area contributed by atoms with Crippen molar-refractivity contribution in [3.63, 3.8) is 0 Å². The van der Waals surface area contributed by atoms with Gasteiger partial charge in [-0.25, -0.2) is 4.39 Å². The Bertz CT molecular complexity index is 661. The molecule has 0 aromatic heterocycles. The highest BCUT2D eigenvalue weighted by Crippen LogP contribution is 2.34. The van der Waals surface area contributed by atoms with E-state index in [0.29, 0.717) is 34.7 Å². The minimum Gasteiger partial charge on any atom is -0.455 e. The summed E-state index contributed by atoms with van der Waals surface area (Å²) >= 11 is 9.50. The highest BCUT2D eigenvalue weighted by molar-refractivity contribution is 9.10. The van der Waals surface area contributed by atoms with Crippen molar-refractivity contribution in [2.24, 2.45) is 0 Å². The van der Waals surface area contributed by atoms with E-state index in [-0.39, 0.29) is 5.82 Å². The van der Waals surface area contributed by atoms with Gasteiger partial charge in [-0.05, 0) is 43.2 Å². The minimum absolute atomic E-state index is 0.272. The lowest BCUT2D eigenvalue weighted by atomic mass is 10.2. The first kappa shape index (κ1) is 14.8. The van der Waals surface area contributed by atoms with Gasteiger partial charge in [-0.15, -0.1) is 0 Å². The first-order chi connectivity index (χ1) is 10.1. The van der Waals surface area contributed by atoms with Gasteiger partial charge in [-0.1, -0.05) is 33.6 Å². The lowest BCUT2D eigenvalue weighted by molar-refractivity contribution is 0.461. The highest BCUT2D eigenvalue weighted by Gasteiger charge is 2.22. The van der Waals surface area contributed by atoms with Gasteiger partial charge in [0.15, 0.2) is 0 Å². The zero-order valence-electron chi connectivity index (χ0n) is 11.2. The van der Waals surface area contributed by atoms with Crippen molar-refractivity contribution < 1.29 is 9.13 Å². The van der Waals surface area contributed by atoms with Crippen LogP contribution in [0.25, 0.3) is 0 Å². The zero-order chi connectivity index (χ0) is 14.8. The summed E-state index contributed by atoms with van der Waals surface area (Å²) in [5, 5.41) is 3.79. The molecule has 1 N–H and O–H groups in total. The van der Waals surface area contributed by atoms with Crippen LogP contribution in [-0.4, -0.2) is 6.04 Å². The predicted octanol–water partition coefficient (Wildman–Crippen LogP) is 5.29. The molecular weight excluding hydrogens is 357 g/mol. The number of halogens is 3. The molecular formula is C16H14BrClFNO. The van der Waals surface area contributed by atoms with E-state index in [1.807, 2.05) is 6.07 Å². The molecule has 1 aliphatic carbocycles. The third-order valence-corrected chi connectivity index (χ3v) is 4.14. The van der Waals surface area contributed by atoms with Crippen molar-refractivity contribution >= 4 is 27.5 Å². The maximum absolute atomic E-state index is 14.0. The van der Waals surface area contributed by atoms with Crippen LogP contribution < -0.4 is 10.1 Å². The second kappa shape index (κ2) is 6.34. The molecule has 1 aliphatic rings. The monoisotopic (exact) mass is 369 g/mol. The smallest absolute Gasteiger partial charge is 0.147 e. The minimum atomic E-state index is -0.272. The summed E-state index contributed by atoms with van der Waals surface area (Å²) in [5.41, 5.74) is 0.528. The SMILES string of the molecule is Fc1cccc(Oc2cc(Br)ccc2Cl)c1CNC1CC1. The van der Waals surface area contributed by atoms with Crippen LogP contribution in [-0.2, 0) is 6.54 Å². The molecule has 21 heavy (non-hydrogen) atoms. The zero-order valence-corrected chi connectivity index (χ0v) is 13.5. The van der Waals surface area contributed by atoms with Crippen LogP contribution in [0.1, 0.15) is 18.4 Å². The van der Waals surface area contributed by atoms with E-state index in [9.17, 15) is 4.39 Å². The van der Waals surface area contributed by atoms with E-state index < -0.39 is 0 Å². The Hall–Kier alpha value is -1.10. The van der Waals surface area contributed by atoms with Gasteiger partial charge in [0.25, 0.3) is 0 Å². The van der Waals surface area contributed by atoms with Crippen molar-refractivity contribution in [3.05, 3.63) is 57.3 Å². The summed E-state index contributed by atoms with van der Waals surface area (Å²) in [6.07, 6.45) is 2.31. The molecule has 2 nitrogen and oxygen atoms in total. The molecule has 0 unspecified atom stereocenters. The molecule has 1 fully saturated rings. The van der Waals surface area contributed by atoms with Gasteiger partial charge < -0.3 is 10.1 Å². The molecule has 5 heteroatoms. The Kier molecular flexibility index (Phi) is 4.48. The first-order valence-corrected chi connectivity index (χ1v) is 7.94. The second-order valence-corrected chi connectivity index (χ2v) is 6.37. The molecule has 110 valence electrons. The summed E-state index contributed by atoms with van der Waals surface area (Å²) in [4.78, 5) is 0. The fourth-order valence-electron chi connectivity index (χ4n) is 2.01. The molecule has 2 aromatic carbocycles.